The first-order valence-corrected chi connectivity index (χ1v) is 18.1. The second kappa shape index (κ2) is 12.7. The van der Waals surface area contributed by atoms with Gasteiger partial charge in [-0.25, -0.2) is 4.39 Å². The van der Waals surface area contributed by atoms with Gasteiger partial charge in [-0.05, 0) is 85.2 Å². The number of hydrogen-bond donors (Lipinski definition) is 2. The molecule has 9 nitrogen and oxygen atoms in total. The monoisotopic (exact) mass is 731 g/mol. The van der Waals surface area contributed by atoms with Gasteiger partial charge >= 0.3 is 0 Å². The smallest absolute Gasteiger partial charge is 0.260 e. The molecule has 2 saturated heterocycles. The van der Waals surface area contributed by atoms with Crippen molar-refractivity contribution in [2.45, 2.75) is 62.3 Å². The molecule has 3 aromatic carbocycles. The van der Waals surface area contributed by atoms with Crippen LogP contribution in [0, 0.1) is 29.5 Å². The molecule has 51 heavy (non-hydrogen) atoms. The average molecular weight is 733 g/mol. The van der Waals surface area contributed by atoms with Gasteiger partial charge in [0.2, 0.25) is 11.8 Å². The molecule has 2 aliphatic heterocycles. The van der Waals surface area contributed by atoms with Crippen molar-refractivity contribution in [2.75, 3.05) is 12.5 Å². The standard InChI is InChI=1S/C39H36Cl2FN3O6/c1-51-24-11-8-21(9-12-24)39-28(36(48)45(38(39)50)43-31-15-10-22(40)18-29(31)41)19-27-25(34(39)20-7-16-32(46)30(42)17-20)13-14-26-33(27)37(49)44(35(26)47)23-5-3-2-4-6-23/h7-13,15-18,23,26-28,33-34,43,46H,2-6,14,19H2,1H3/t26-,27+,28-,33-,34-,39+/m0/s1. The van der Waals surface area contributed by atoms with Crippen molar-refractivity contribution in [3.63, 3.8) is 0 Å². The molecular formula is C39H36Cl2FN3O6. The fraction of sp³-hybridized carbons (Fsp3) is 0.385. The number of nitrogens with zero attached hydrogens (tertiary/aromatic N) is 2. The number of halogens is 3. The molecular weight excluding hydrogens is 696 g/mol. The zero-order valence-corrected chi connectivity index (χ0v) is 29.3. The third-order valence-corrected chi connectivity index (χ3v) is 12.4. The summed E-state index contributed by atoms with van der Waals surface area (Å²) in [5, 5.41) is 11.8. The van der Waals surface area contributed by atoms with Gasteiger partial charge in [0.25, 0.3) is 11.8 Å². The Bertz CT molecular complexity index is 2000. The number of aromatic hydroxyl groups is 1. The van der Waals surface area contributed by atoms with Crippen LogP contribution in [0.5, 0.6) is 11.5 Å². The highest BCUT2D eigenvalue weighted by molar-refractivity contribution is 6.36. The van der Waals surface area contributed by atoms with Gasteiger partial charge < -0.3 is 9.84 Å². The van der Waals surface area contributed by atoms with Gasteiger partial charge in [0.1, 0.15) is 5.75 Å². The molecule has 264 valence electrons. The number of hydrogen-bond acceptors (Lipinski definition) is 7. The molecule has 3 aliphatic carbocycles. The Hall–Kier alpha value is -4.41. The van der Waals surface area contributed by atoms with E-state index in [1.165, 1.54) is 30.2 Å². The summed E-state index contributed by atoms with van der Waals surface area (Å²) < 4.78 is 20.8. The van der Waals surface area contributed by atoms with Crippen LogP contribution in [-0.2, 0) is 24.6 Å². The molecule has 0 unspecified atom stereocenters. The van der Waals surface area contributed by atoms with Crippen LogP contribution >= 0.6 is 23.2 Å². The van der Waals surface area contributed by atoms with E-state index in [4.69, 9.17) is 27.9 Å². The van der Waals surface area contributed by atoms with E-state index in [0.717, 1.165) is 37.1 Å². The van der Waals surface area contributed by atoms with Gasteiger partial charge in [0.05, 0.1) is 41.0 Å². The number of imide groups is 2. The van der Waals surface area contributed by atoms with E-state index in [1.807, 2.05) is 6.08 Å². The molecule has 4 amide bonds. The highest BCUT2D eigenvalue weighted by Gasteiger charge is 2.70. The van der Waals surface area contributed by atoms with Crippen molar-refractivity contribution < 1.29 is 33.4 Å². The van der Waals surface area contributed by atoms with Gasteiger partial charge in [-0.3, -0.25) is 29.5 Å². The number of anilines is 1. The molecule has 2 heterocycles. The lowest BCUT2D eigenvalue weighted by Gasteiger charge is -2.50. The minimum absolute atomic E-state index is 0.102. The summed E-state index contributed by atoms with van der Waals surface area (Å²) in [5.41, 5.74) is 3.16. The van der Waals surface area contributed by atoms with Gasteiger partial charge in [0.15, 0.2) is 11.6 Å². The van der Waals surface area contributed by atoms with Crippen molar-refractivity contribution in [3.8, 4) is 11.5 Å². The molecule has 0 radical (unpaired) electrons. The van der Waals surface area contributed by atoms with Crippen LogP contribution in [0.25, 0.3) is 0 Å². The van der Waals surface area contributed by atoms with E-state index in [0.29, 0.717) is 27.5 Å². The van der Waals surface area contributed by atoms with E-state index in [1.54, 1.807) is 42.5 Å². The Morgan fingerprint density at radius 1 is 0.902 bits per heavy atom. The summed E-state index contributed by atoms with van der Waals surface area (Å²) >= 11 is 12.7. The van der Waals surface area contributed by atoms with E-state index in [9.17, 15) is 19.5 Å². The summed E-state index contributed by atoms with van der Waals surface area (Å²) in [6.07, 6.45) is 6.80. The topological polar surface area (TPSA) is 116 Å². The van der Waals surface area contributed by atoms with Crippen LogP contribution in [0.2, 0.25) is 10.0 Å². The van der Waals surface area contributed by atoms with E-state index in [-0.39, 0.29) is 41.4 Å². The van der Waals surface area contributed by atoms with E-state index >= 15 is 9.18 Å². The van der Waals surface area contributed by atoms with Crippen LogP contribution in [0.1, 0.15) is 62.0 Å². The number of allylic oxidation sites excluding steroid dienone is 2. The number of phenolic OH excluding ortho intramolecular Hbond substituents is 1. The maximum absolute atomic E-state index is 15.3. The molecule has 4 fully saturated rings. The third-order valence-electron chi connectivity index (χ3n) is 11.9. The number of carbonyl (C=O) groups excluding carboxylic acids is 4. The maximum atomic E-state index is 15.3. The molecule has 6 atom stereocenters. The largest absolute Gasteiger partial charge is 0.505 e. The molecule has 2 N–H and O–H groups in total. The number of carbonyl (C=O) groups is 4. The fourth-order valence-electron chi connectivity index (χ4n) is 9.64. The molecule has 0 aromatic heterocycles. The Balaban J connectivity index is 1.32. The number of methoxy groups -OCH3 is 1. The van der Waals surface area contributed by atoms with E-state index in [2.05, 4.69) is 5.43 Å². The Kier molecular flexibility index (Phi) is 8.38. The molecule has 2 saturated carbocycles. The number of phenols is 1. The normalized spacial score (nSPS) is 29.1. The number of fused-ring (bicyclic) bond motifs is 4. The first-order valence-electron chi connectivity index (χ1n) is 17.4. The SMILES string of the molecule is COc1ccc([C@@]23C(=O)N(Nc4ccc(Cl)cc4Cl)C(=O)[C@@H]2C[C@@H]2C(=CC[C@@H]4C(=O)N(C5CCCCC5)C(=O)[C@@H]42)[C@@H]3c2ccc(O)c(F)c2)cc1. The maximum Gasteiger partial charge on any atom is 0.260 e. The first-order chi connectivity index (χ1) is 24.6. The number of rotatable bonds is 6. The summed E-state index contributed by atoms with van der Waals surface area (Å²) in [6, 6.07) is 15.3. The van der Waals surface area contributed by atoms with Crippen LogP contribution in [-0.4, -0.2) is 51.8 Å². The Morgan fingerprint density at radius 3 is 2.33 bits per heavy atom. The second-order valence-corrected chi connectivity index (χ2v) is 15.1. The Morgan fingerprint density at radius 2 is 1.65 bits per heavy atom. The molecule has 3 aromatic rings. The lowest BCUT2D eigenvalue weighted by atomic mass is 9.49. The van der Waals surface area contributed by atoms with Gasteiger partial charge in [-0.2, -0.15) is 5.01 Å². The molecule has 8 rings (SSSR count). The van der Waals surface area contributed by atoms with Gasteiger partial charge in [-0.1, -0.05) is 72.3 Å². The third kappa shape index (κ3) is 5.08. The van der Waals surface area contributed by atoms with Crippen molar-refractivity contribution in [2.24, 2.45) is 23.7 Å². The molecule has 0 spiro atoms. The lowest BCUT2D eigenvalue weighted by molar-refractivity contribution is -0.144. The van der Waals surface area contributed by atoms with Crippen molar-refractivity contribution >= 4 is 52.5 Å². The summed E-state index contributed by atoms with van der Waals surface area (Å²) in [4.78, 5) is 60.0. The molecule has 12 heteroatoms. The minimum atomic E-state index is -1.62. The molecule has 5 aliphatic rings. The summed E-state index contributed by atoms with van der Waals surface area (Å²) in [6.45, 7) is 0. The molecule has 0 bridgehead atoms. The lowest BCUT2D eigenvalue weighted by Crippen LogP contribution is -2.53. The van der Waals surface area contributed by atoms with Crippen molar-refractivity contribution in [1.29, 1.82) is 0 Å². The number of benzene rings is 3. The minimum Gasteiger partial charge on any atom is -0.505 e. The number of likely N-dealkylation sites (tertiary alicyclic amines) is 1. The first kappa shape index (κ1) is 33.7. The number of ether oxygens (including phenoxy) is 1. The highest BCUT2D eigenvalue weighted by atomic mass is 35.5. The predicted molar refractivity (Wildman–Crippen MR) is 187 cm³/mol. The summed E-state index contributed by atoms with van der Waals surface area (Å²) in [5.74, 6) is -6.35. The van der Waals surface area contributed by atoms with Crippen LogP contribution in [0.3, 0.4) is 0 Å². The Labute approximate surface area is 304 Å². The number of nitrogens with one attached hydrogen (secondary N) is 1. The zero-order valence-electron chi connectivity index (χ0n) is 27.8. The predicted octanol–water partition coefficient (Wildman–Crippen LogP) is 7.16. The van der Waals surface area contributed by atoms with E-state index < -0.39 is 58.4 Å². The number of hydrazine groups is 1. The van der Waals surface area contributed by atoms with Crippen LogP contribution in [0.15, 0.2) is 72.3 Å². The summed E-state index contributed by atoms with van der Waals surface area (Å²) in [7, 11) is 1.52. The second-order valence-electron chi connectivity index (χ2n) is 14.3. The zero-order chi connectivity index (χ0) is 35.8. The quantitative estimate of drug-likeness (QED) is 0.204. The van der Waals surface area contributed by atoms with Crippen molar-refractivity contribution in [1.82, 2.24) is 9.91 Å². The van der Waals surface area contributed by atoms with Crippen LogP contribution in [0.4, 0.5) is 10.1 Å². The van der Waals surface area contributed by atoms with Crippen LogP contribution < -0.4 is 10.2 Å². The highest BCUT2D eigenvalue weighted by Crippen LogP contribution is 2.64. The fourth-order valence-corrected chi connectivity index (χ4v) is 10.1. The van der Waals surface area contributed by atoms with Gasteiger partial charge in [-0.15, -0.1) is 0 Å². The average Bonchev–Trinajstić information content (AvgIpc) is 3.51. The number of amides is 4. The van der Waals surface area contributed by atoms with Gasteiger partial charge in [0, 0.05) is 17.0 Å². The van der Waals surface area contributed by atoms with Crippen molar-refractivity contribution in [3.05, 3.63) is 99.3 Å².